The highest BCUT2D eigenvalue weighted by Crippen LogP contribution is 2.25. The highest BCUT2D eigenvalue weighted by Gasteiger charge is 2.16. The van der Waals surface area contributed by atoms with E-state index >= 15 is 0 Å². The van der Waals surface area contributed by atoms with E-state index in [9.17, 15) is 0 Å². The second-order valence-corrected chi connectivity index (χ2v) is 6.25. The first-order valence-electron chi connectivity index (χ1n) is 7.21. The van der Waals surface area contributed by atoms with Crippen LogP contribution in [0, 0.1) is 5.92 Å². The quantitative estimate of drug-likeness (QED) is 0.867. The van der Waals surface area contributed by atoms with Gasteiger partial charge in [-0.2, -0.15) is 4.98 Å². The number of rotatable bonds is 5. The summed E-state index contributed by atoms with van der Waals surface area (Å²) in [6, 6.07) is 3.71. The molecule has 0 spiro atoms. The molecule has 112 valence electrons. The number of hydrogen-bond acceptors (Lipinski definition) is 5. The molecular formula is C15H25N3O2. The summed E-state index contributed by atoms with van der Waals surface area (Å²) in [5.41, 5.74) is 6.15. The van der Waals surface area contributed by atoms with E-state index < -0.39 is 0 Å². The highest BCUT2D eigenvalue weighted by molar-refractivity contribution is 5.53. The fourth-order valence-electron chi connectivity index (χ4n) is 2.14. The zero-order valence-corrected chi connectivity index (χ0v) is 12.6. The van der Waals surface area contributed by atoms with E-state index in [0.717, 1.165) is 38.4 Å². The Morgan fingerprint density at radius 2 is 2.25 bits per heavy atom. The molecular weight excluding hydrogens is 254 g/mol. The van der Waals surface area contributed by atoms with E-state index in [2.05, 4.69) is 10.3 Å². The molecule has 2 rings (SSSR count). The Labute approximate surface area is 120 Å². The number of nitrogens with two attached hydrogens (primary N) is 1. The number of pyridine rings is 1. The third-order valence-corrected chi connectivity index (χ3v) is 3.18. The Kier molecular flexibility index (Phi) is 4.70. The zero-order chi connectivity index (χ0) is 14.6. The Morgan fingerprint density at radius 3 is 2.90 bits per heavy atom. The van der Waals surface area contributed by atoms with Gasteiger partial charge in [0.05, 0.1) is 5.69 Å². The van der Waals surface area contributed by atoms with Gasteiger partial charge >= 0.3 is 0 Å². The van der Waals surface area contributed by atoms with Crippen molar-refractivity contribution >= 4 is 11.5 Å². The lowest BCUT2D eigenvalue weighted by atomic mass is 10.1. The van der Waals surface area contributed by atoms with E-state index in [4.69, 9.17) is 15.2 Å². The molecule has 2 heterocycles. The normalized spacial score (nSPS) is 19.1. The number of anilines is 2. The summed E-state index contributed by atoms with van der Waals surface area (Å²) >= 11 is 0. The van der Waals surface area contributed by atoms with Gasteiger partial charge < -0.3 is 20.5 Å². The molecule has 1 aromatic rings. The molecule has 1 fully saturated rings. The summed E-state index contributed by atoms with van der Waals surface area (Å²) in [5.74, 6) is 1.96. The van der Waals surface area contributed by atoms with Crippen molar-refractivity contribution in [3.63, 3.8) is 0 Å². The molecule has 5 heteroatoms. The number of nitrogen functional groups attached to an aromatic ring is 1. The van der Waals surface area contributed by atoms with Gasteiger partial charge in [0.2, 0.25) is 5.88 Å². The summed E-state index contributed by atoms with van der Waals surface area (Å²) in [4.78, 5) is 4.43. The van der Waals surface area contributed by atoms with Crippen molar-refractivity contribution in [3.8, 4) is 5.88 Å². The molecule has 1 atom stereocenters. The van der Waals surface area contributed by atoms with Gasteiger partial charge in [-0.15, -0.1) is 0 Å². The van der Waals surface area contributed by atoms with Gasteiger partial charge in [0.25, 0.3) is 0 Å². The largest absolute Gasteiger partial charge is 0.470 e. The monoisotopic (exact) mass is 279 g/mol. The van der Waals surface area contributed by atoms with Crippen LogP contribution in [0.25, 0.3) is 0 Å². The third kappa shape index (κ3) is 4.56. The van der Waals surface area contributed by atoms with Crippen LogP contribution in [0.4, 0.5) is 11.5 Å². The van der Waals surface area contributed by atoms with Crippen LogP contribution in [0.5, 0.6) is 5.88 Å². The standard InChI is InChI=1S/C15H25N3O2/c1-15(2,3)20-14-12(16)4-5-13(18-14)17-8-6-11-7-9-19-10-11/h4-5,11H,6-10,16H2,1-3H3,(H,17,18). The van der Waals surface area contributed by atoms with Gasteiger partial charge in [-0.1, -0.05) is 0 Å². The number of ether oxygens (including phenoxy) is 2. The van der Waals surface area contributed by atoms with Crippen LogP contribution >= 0.6 is 0 Å². The first-order valence-corrected chi connectivity index (χ1v) is 7.21. The summed E-state index contributed by atoms with van der Waals surface area (Å²) < 4.78 is 11.1. The number of aromatic nitrogens is 1. The molecule has 1 unspecified atom stereocenters. The van der Waals surface area contributed by atoms with E-state index in [1.54, 1.807) is 0 Å². The second kappa shape index (κ2) is 6.31. The van der Waals surface area contributed by atoms with Crippen molar-refractivity contribution in [1.82, 2.24) is 4.98 Å². The van der Waals surface area contributed by atoms with Crippen LogP contribution in [0.2, 0.25) is 0 Å². The van der Waals surface area contributed by atoms with Gasteiger partial charge in [-0.05, 0) is 51.7 Å². The van der Waals surface area contributed by atoms with Gasteiger partial charge in [-0.25, -0.2) is 0 Å². The molecule has 3 N–H and O–H groups in total. The van der Waals surface area contributed by atoms with Gasteiger partial charge in [-0.3, -0.25) is 0 Å². The van der Waals surface area contributed by atoms with E-state index in [0.29, 0.717) is 17.5 Å². The molecule has 0 aromatic carbocycles. The second-order valence-electron chi connectivity index (χ2n) is 6.25. The number of hydrogen-bond donors (Lipinski definition) is 2. The Hall–Kier alpha value is -1.49. The SMILES string of the molecule is CC(C)(C)Oc1nc(NCCC2CCOC2)ccc1N. The molecule has 0 bridgehead atoms. The number of nitrogens with zero attached hydrogens (tertiary/aromatic N) is 1. The van der Waals surface area contributed by atoms with Crippen LogP contribution in [0.1, 0.15) is 33.6 Å². The molecule has 1 saturated heterocycles. The summed E-state index contributed by atoms with van der Waals surface area (Å²) in [6.45, 7) is 8.61. The Balaban J connectivity index is 1.89. The summed E-state index contributed by atoms with van der Waals surface area (Å²) in [6.07, 6.45) is 2.26. The lowest BCUT2D eigenvalue weighted by Gasteiger charge is -2.21. The molecule has 0 saturated carbocycles. The van der Waals surface area contributed by atoms with E-state index in [-0.39, 0.29) is 5.60 Å². The van der Waals surface area contributed by atoms with Crippen LogP contribution < -0.4 is 15.8 Å². The Morgan fingerprint density at radius 1 is 1.45 bits per heavy atom. The maximum atomic E-state index is 5.89. The van der Waals surface area contributed by atoms with Crippen molar-refractivity contribution in [3.05, 3.63) is 12.1 Å². The minimum Gasteiger partial charge on any atom is -0.470 e. The average Bonchev–Trinajstić information content (AvgIpc) is 2.84. The minimum absolute atomic E-state index is 0.305. The van der Waals surface area contributed by atoms with Crippen LogP contribution in [-0.4, -0.2) is 30.3 Å². The number of nitrogens with one attached hydrogen (secondary N) is 1. The molecule has 1 aliphatic rings. The molecule has 20 heavy (non-hydrogen) atoms. The highest BCUT2D eigenvalue weighted by atomic mass is 16.5. The molecule has 1 aromatic heterocycles. The maximum absolute atomic E-state index is 5.89. The first kappa shape index (κ1) is 14.9. The molecule has 0 amide bonds. The lowest BCUT2D eigenvalue weighted by molar-refractivity contribution is 0.125. The van der Waals surface area contributed by atoms with Crippen molar-refractivity contribution in [2.75, 3.05) is 30.8 Å². The lowest BCUT2D eigenvalue weighted by Crippen LogP contribution is -2.24. The average molecular weight is 279 g/mol. The molecule has 0 aliphatic carbocycles. The molecule has 5 nitrogen and oxygen atoms in total. The van der Waals surface area contributed by atoms with Crippen molar-refractivity contribution in [1.29, 1.82) is 0 Å². The smallest absolute Gasteiger partial charge is 0.239 e. The fraction of sp³-hybridized carbons (Fsp3) is 0.667. The summed E-state index contributed by atoms with van der Waals surface area (Å²) in [5, 5.41) is 3.32. The first-order chi connectivity index (χ1) is 9.44. The van der Waals surface area contributed by atoms with E-state index in [1.807, 2.05) is 32.9 Å². The Bertz CT molecular complexity index is 437. The van der Waals surface area contributed by atoms with Crippen LogP contribution in [0.3, 0.4) is 0 Å². The third-order valence-electron chi connectivity index (χ3n) is 3.18. The van der Waals surface area contributed by atoms with Gasteiger partial charge in [0.1, 0.15) is 11.4 Å². The topological polar surface area (TPSA) is 69.4 Å². The minimum atomic E-state index is -0.305. The van der Waals surface area contributed by atoms with Crippen molar-refractivity contribution < 1.29 is 9.47 Å². The van der Waals surface area contributed by atoms with E-state index in [1.165, 1.54) is 0 Å². The zero-order valence-electron chi connectivity index (χ0n) is 12.6. The fourth-order valence-corrected chi connectivity index (χ4v) is 2.14. The maximum Gasteiger partial charge on any atom is 0.239 e. The van der Waals surface area contributed by atoms with Gasteiger partial charge in [0, 0.05) is 19.8 Å². The van der Waals surface area contributed by atoms with Crippen molar-refractivity contribution in [2.24, 2.45) is 5.92 Å². The van der Waals surface area contributed by atoms with Crippen LogP contribution in [-0.2, 0) is 4.74 Å². The predicted octanol–water partition coefficient (Wildman–Crippen LogP) is 2.68. The van der Waals surface area contributed by atoms with Gasteiger partial charge in [0.15, 0.2) is 0 Å². The van der Waals surface area contributed by atoms with Crippen LogP contribution in [0.15, 0.2) is 12.1 Å². The molecule has 0 radical (unpaired) electrons. The summed E-state index contributed by atoms with van der Waals surface area (Å²) in [7, 11) is 0. The van der Waals surface area contributed by atoms with Crippen molar-refractivity contribution in [2.45, 2.75) is 39.2 Å². The molecule has 1 aliphatic heterocycles. The predicted molar refractivity (Wildman–Crippen MR) is 81.1 cm³/mol.